The van der Waals surface area contributed by atoms with Crippen molar-refractivity contribution in [1.82, 2.24) is 4.57 Å². The molecule has 1 aromatic heterocycles. The van der Waals surface area contributed by atoms with Crippen LogP contribution in [-0.4, -0.2) is 36.3 Å². The Balaban J connectivity index is 1.85. The van der Waals surface area contributed by atoms with Crippen LogP contribution in [0, 0.1) is 6.92 Å². The van der Waals surface area contributed by atoms with Crippen molar-refractivity contribution in [3.05, 3.63) is 58.0 Å². The quantitative estimate of drug-likeness (QED) is 0.649. The number of carbonyl (C=O) groups excluding carboxylic acids is 1. The summed E-state index contributed by atoms with van der Waals surface area (Å²) in [6.07, 6.45) is 2.21. The van der Waals surface area contributed by atoms with Gasteiger partial charge in [0.25, 0.3) is 0 Å². The van der Waals surface area contributed by atoms with Gasteiger partial charge in [-0.1, -0.05) is 0 Å². The second-order valence-corrected chi connectivity index (χ2v) is 5.74. The maximum absolute atomic E-state index is 12.0. The minimum absolute atomic E-state index is 0.240. The van der Waals surface area contributed by atoms with Crippen molar-refractivity contribution in [1.29, 1.82) is 0 Å². The molecule has 0 aliphatic carbocycles. The fraction of sp³-hybridized carbons (Fsp3) is 0.333. The zero-order valence-electron chi connectivity index (χ0n) is 14.2. The third-order valence-corrected chi connectivity index (χ3v) is 3.81. The lowest BCUT2D eigenvalue weighted by atomic mass is 10.2. The maximum atomic E-state index is 12.0. The molecule has 0 amide bonds. The fourth-order valence-corrected chi connectivity index (χ4v) is 2.28. The SMILES string of the molecule is Cc1c(O)c(=O)ccn1CCCOC(=O)c1ccc(N(C)C)cc1. The number of hydrogen-bond acceptors (Lipinski definition) is 5. The summed E-state index contributed by atoms with van der Waals surface area (Å²) in [5, 5.41) is 9.62. The number of ether oxygens (including phenoxy) is 1. The van der Waals surface area contributed by atoms with Gasteiger partial charge in [0, 0.05) is 38.6 Å². The van der Waals surface area contributed by atoms with Crippen LogP contribution in [0.3, 0.4) is 0 Å². The standard InChI is InChI=1S/C18H22N2O4/c1-13-17(22)16(21)9-11-20(13)10-4-12-24-18(23)14-5-7-15(8-6-14)19(2)3/h5-9,11,22H,4,10,12H2,1-3H3. The average molecular weight is 330 g/mol. The van der Waals surface area contributed by atoms with E-state index in [1.807, 2.05) is 31.1 Å². The molecule has 0 aliphatic rings. The van der Waals surface area contributed by atoms with Crippen molar-refractivity contribution in [3.63, 3.8) is 0 Å². The molecule has 0 saturated heterocycles. The molecule has 0 fully saturated rings. The van der Waals surface area contributed by atoms with Crippen molar-refractivity contribution in [2.75, 3.05) is 25.6 Å². The van der Waals surface area contributed by atoms with E-state index >= 15 is 0 Å². The Morgan fingerprint density at radius 1 is 1.21 bits per heavy atom. The van der Waals surface area contributed by atoms with Crippen LogP contribution in [0.25, 0.3) is 0 Å². The van der Waals surface area contributed by atoms with Crippen molar-refractivity contribution >= 4 is 11.7 Å². The Morgan fingerprint density at radius 3 is 2.50 bits per heavy atom. The van der Waals surface area contributed by atoms with E-state index in [1.54, 1.807) is 29.8 Å². The number of hydrogen-bond donors (Lipinski definition) is 1. The number of pyridine rings is 1. The number of esters is 1. The molecule has 0 aliphatic heterocycles. The summed E-state index contributed by atoms with van der Waals surface area (Å²) >= 11 is 0. The van der Waals surface area contributed by atoms with E-state index in [4.69, 9.17) is 4.74 Å². The largest absolute Gasteiger partial charge is 0.503 e. The lowest BCUT2D eigenvalue weighted by Gasteiger charge is -2.13. The lowest BCUT2D eigenvalue weighted by molar-refractivity contribution is 0.0495. The number of anilines is 1. The highest BCUT2D eigenvalue weighted by Gasteiger charge is 2.08. The summed E-state index contributed by atoms with van der Waals surface area (Å²) in [6.45, 7) is 2.49. The molecule has 2 aromatic rings. The van der Waals surface area contributed by atoms with Gasteiger partial charge in [-0.05, 0) is 37.6 Å². The van der Waals surface area contributed by atoms with Crippen LogP contribution in [0.5, 0.6) is 5.75 Å². The molecular formula is C18H22N2O4. The molecule has 1 aromatic carbocycles. The molecule has 1 heterocycles. The van der Waals surface area contributed by atoms with Crippen molar-refractivity contribution in [2.45, 2.75) is 19.9 Å². The minimum Gasteiger partial charge on any atom is -0.503 e. The number of aryl methyl sites for hydroxylation is 1. The number of aromatic hydroxyl groups is 1. The van der Waals surface area contributed by atoms with Gasteiger partial charge >= 0.3 is 5.97 Å². The zero-order valence-corrected chi connectivity index (χ0v) is 14.2. The van der Waals surface area contributed by atoms with Gasteiger partial charge in [0.05, 0.1) is 17.9 Å². The highest BCUT2D eigenvalue weighted by molar-refractivity contribution is 5.89. The van der Waals surface area contributed by atoms with Gasteiger partial charge in [-0.2, -0.15) is 0 Å². The first-order valence-corrected chi connectivity index (χ1v) is 7.73. The minimum atomic E-state index is -0.392. The number of aromatic nitrogens is 1. The number of benzene rings is 1. The van der Waals surface area contributed by atoms with Crippen molar-refractivity contribution in [2.24, 2.45) is 0 Å². The summed E-state index contributed by atoms with van der Waals surface area (Å²) in [5.74, 6) is -0.602. The van der Waals surface area contributed by atoms with E-state index in [9.17, 15) is 14.7 Å². The second-order valence-electron chi connectivity index (χ2n) is 5.74. The Bertz CT molecular complexity index is 764. The van der Waals surface area contributed by atoms with Gasteiger partial charge in [-0.15, -0.1) is 0 Å². The maximum Gasteiger partial charge on any atom is 0.338 e. The van der Waals surface area contributed by atoms with Crippen LogP contribution >= 0.6 is 0 Å². The van der Waals surface area contributed by atoms with Gasteiger partial charge in [0.1, 0.15) is 0 Å². The van der Waals surface area contributed by atoms with E-state index < -0.39 is 5.43 Å². The van der Waals surface area contributed by atoms with Crippen molar-refractivity contribution in [3.8, 4) is 5.75 Å². The summed E-state index contributed by atoms with van der Waals surface area (Å²) in [7, 11) is 3.87. The van der Waals surface area contributed by atoms with Crippen LogP contribution in [0.4, 0.5) is 5.69 Å². The normalized spacial score (nSPS) is 10.5. The Kier molecular flexibility index (Phi) is 5.63. The van der Waals surface area contributed by atoms with Crippen molar-refractivity contribution < 1.29 is 14.6 Å². The number of rotatable bonds is 6. The van der Waals surface area contributed by atoms with Gasteiger partial charge in [-0.25, -0.2) is 4.79 Å². The lowest BCUT2D eigenvalue weighted by Crippen LogP contribution is -2.13. The number of nitrogens with zero attached hydrogens (tertiary/aromatic N) is 2. The molecule has 0 unspecified atom stereocenters. The molecule has 0 spiro atoms. The van der Waals surface area contributed by atoms with Crippen LogP contribution in [0.2, 0.25) is 0 Å². The highest BCUT2D eigenvalue weighted by atomic mass is 16.5. The molecule has 1 N–H and O–H groups in total. The van der Waals surface area contributed by atoms with Gasteiger partial charge < -0.3 is 19.3 Å². The third kappa shape index (κ3) is 4.16. The Hall–Kier alpha value is -2.76. The second kappa shape index (κ2) is 7.68. The predicted molar refractivity (Wildman–Crippen MR) is 92.8 cm³/mol. The predicted octanol–water partition coefficient (Wildman–Crippen LogP) is 2.18. The van der Waals surface area contributed by atoms with E-state index in [0.717, 1.165) is 5.69 Å². The topological polar surface area (TPSA) is 71.8 Å². The van der Waals surface area contributed by atoms with Crippen LogP contribution in [0.15, 0.2) is 41.3 Å². The molecule has 128 valence electrons. The first-order chi connectivity index (χ1) is 11.4. The fourth-order valence-electron chi connectivity index (χ4n) is 2.28. The Morgan fingerprint density at radius 2 is 1.88 bits per heavy atom. The van der Waals surface area contributed by atoms with Gasteiger partial charge in [0.15, 0.2) is 5.75 Å². The third-order valence-electron chi connectivity index (χ3n) is 3.81. The van der Waals surface area contributed by atoms with Gasteiger partial charge in [0.2, 0.25) is 5.43 Å². The van der Waals surface area contributed by atoms with Crippen LogP contribution < -0.4 is 10.3 Å². The molecule has 24 heavy (non-hydrogen) atoms. The van der Waals surface area contributed by atoms with E-state index in [2.05, 4.69) is 0 Å². The first kappa shape index (κ1) is 17.6. The highest BCUT2D eigenvalue weighted by Crippen LogP contribution is 2.13. The van der Waals surface area contributed by atoms with E-state index in [0.29, 0.717) is 24.2 Å². The smallest absolute Gasteiger partial charge is 0.338 e. The summed E-state index contributed by atoms with van der Waals surface area (Å²) in [6, 6.07) is 8.52. The van der Waals surface area contributed by atoms with E-state index in [-0.39, 0.29) is 18.3 Å². The summed E-state index contributed by atoms with van der Waals surface area (Å²) in [4.78, 5) is 25.2. The average Bonchev–Trinajstić information content (AvgIpc) is 2.58. The molecular weight excluding hydrogens is 308 g/mol. The molecule has 6 heteroatoms. The van der Waals surface area contributed by atoms with Gasteiger partial charge in [-0.3, -0.25) is 4.79 Å². The molecule has 0 bridgehead atoms. The van der Waals surface area contributed by atoms with Crippen LogP contribution in [-0.2, 0) is 11.3 Å². The van der Waals surface area contributed by atoms with E-state index in [1.165, 1.54) is 6.07 Å². The molecule has 2 rings (SSSR count). The monoisotopic (exact) mass is 330 g/mol. The first-order valence-electron chi connectivity index (χ1n) is 7.73. The summed E-state index contributed by atoms with van der Waals surface area (Å²) < 4.78 is 7.01. The zero-order chi connectivity index (χ0) is 17.7. The molecule has 0 atom stereocenters. The molecule has 0 radical (unpaired) electrons. The summed E-state index contributed by atoms with van der Waals surface area (Å²) in [5.41, 5.74) is 1.64. The van der Waals surface area contributed by atoms with Crippen LogP contribution in [0.1, 0.15) is 22.5 Å². The Labute approximate surface area is 140 Å². The molecule has 6 nitrogen and oxygen atoms in total. The molecule has 0 saturated carbocycles. The number of carbonyl (C=O) groups is 1.